The van der Waals surface area contributed by atoms with Gasteiger partial charge in [-0.05, 0) is 58.2 Å². The molecule has 1 aromatic heterocycles. The molecule has 3 rings (SSSR count). The fraction of sp³-hybridized carbons (Fsp3) is 0.524. The molecule has 2 N–H and O–H groups in total. The molecule has 1 aliphatic rings. The molecule has 0 aliphatic carbocycles. The standard InChI is InChI=1S/C21H31N5O/c1-14-7-6-8-19(13-14)22-18-9-11-26(12-10-18)17(4)21(27)23-20-15(2)24-25(5)16(20)3/h6-8,13,17-18,22H,9-12H2,1-5H3,(H,23,27). The van der Waals surface area contributed by atoms with E-state index in [0.717, 1.165) is 43.0 Å². The number of aromatic nitrogens is 2. The maximum absolute atomic E-state index is 12.7. The maximum Gasteiger partial charge on any atom is 0.241 e. The van der Waals surface area contributed by atoms with Crippen LogP contribution in [-0.4, -0.2) is 45.8 Å². The minimum Gasteiger partial charge on any atom is -0.382 e. The van der Waals surface area contributed by atoms with Crippen LogP contribution in [-0.2, 0) is 11.8 Å². The van der Waals surface area contributed by atoms with Crippen LogP contribution in [0.5, 0.6) is 0 Å². The van der Waals surface area contributed by atoms with Crippen LogP contribution in [0.4, 0.5) is 11.4 Å². The van der Waals surface area contributed by atoms with Crippen molar-refractivity contribution >= 4 is 17.3 Å². The summed E-state index contributed by atoms with van der Waals surface area (Å²) in [5, 5.41) is 11.1. The van der Waals surface area contributed by atoms with Crippen molar-refractivity contribution in [3.8, 4) is 0 Å². The zero-order chi connectivity index (χ0) is 19.6. The van der Waals surface area contributed by atoms with E-state index in [9.17, 15) is 4.79 Å². The predicted molar refractivity (Wildman–Crippen MR) is 110 cm³/mol. The molecule has 27 heavy (non-hydrogen) atoms. The Kier molecular flexibility index (Phi) is 5.85. The molecule has 0 radical (unpaired) electrons. The number of likely N-dealkylation sites (tertiary alicyclic amines) is 1. The van der Waals surface area contributed by atoms with Crippen molar-refractivity contribution in [2.45, 2.75) is 52.6 Å². The number of nitrogens with zero attached hydrogens (tertiary/aromatic N) is 3. The number of carbonyl (C=O) groups is 1. The molecule has 2 heterocycles. The fourth-order valence-corrected chi connectivity index (χ4v) is 3.75. The number of piperidine rings is 1. The molecule has 1 aromatic carbocycles. The third-order valence-electron chi connectivity index (χ3n) is 5.60. The monoisotopic (exact) mass is 369 g/mol. The average molecular weight is 370 g/mol. The van der Waals surface area contributed by atoms with Crippen molar-refractivity contribution in [2.24, 2.45) is 7.05 Å². The first-order valence-electron chi connectivity index (χ1n) is 9.73. The van der Waals surface area contributed by atoms with E-state index in [2.05, 4.69) is 51.8 Å². The lowest BCUT2D eigenvalue weighted by Crippen LogP contribution is -2.48. The summed E-state index contributed by atoms with van der Waals surface area (Å²) in [5.74, 6) is 0.0410. The number of carbonyl (C=O) groups excluding carboxylic acids is 1. The zero-order valence-corrected chi connectivity index (χ0v) is 17.0. The summed E-state index contributed by atoms with van der Waals surface area (Å²) in [6, 6.07) is 8.81. The highest BCUT2D eigenvalue weighted by atomic mass is 16.2. The van der Waals surface area contributed by atoms with Gasteiger partial charge in [0.2, 0.25) is 5.91 Å². The van der Waals surface area contributed by atoms with E-state index in [-0.39, 0.29) is 11.9 Å². The summed E-state index contributed by atoms with van der Waals surface area (Å²) in [4.78, 5) is 15.0. The van der Waals surface area contributed by atoms with E-state index in [1.54, 1.807) is 4.68 Å². The van der Waals surface area contributed by atoms with Gasteiger partial charge in [0.25, 0.3) is 0 Å². The molecule has 1 atom stereocenters. The van der Waals surface area contributed by atoms with Crippen LogP contribution in [0.3, 0.4) is 0 Å². The van der Waals surface area contributed by atoms with Crippen LogP contribution < -0.4 is 10.6 Å². The lowest BCUT2D eigenvalue weighted by Gasteiger charge is -2.36. The molecular weight excluding hydrogens is 338 g/mol. The second-order valence-electron chi connectivity index (χ2n) is 7.66. The average Bonchev–Trinajstić information content (AvgIpc) is 2.88. The largest absolute Gasteiger partial charge is 0.382 e. The summed E-state index contributed by atoms with van der Waals surface area (Å²) in [7, 11) is 1.90. The van der Waals surface area contributed by atoms with Crippen LogP contribution in [0.25, 0.3) is 0 Å². The molecule has 1 unspecified atom stereocenters. The normalized spacial score (nSPS) is 16.9. The highest BCUT2D eigenvalue weighted by molar-refractivity contribution is 5.95. The van der Waals surface area contributed by atoms with Gasteiger partial charge in [-0.2, -0.15) is 5.10 Å². The molecule has 146 valence electrons. The highest BCUT2D eigenvalue weighted by Gasteiger charge is 2.27. The molecule has 1 fully saturated rings. The quantitative estimate of drug-likeness (QED) is 0.849. The molecular formula is C21H31N5O. The number of anilines is 2. The number of nitrogens with one attached hydrogen (secondary N) is 2. The van der Waals surface area contributed by atoms with Gasteiger partial charge in [-0.1, -0.05) is 12.1 Å². The third-order valence-corrected chi connectivity index (χ3v) is 5.60. The van der Waals surface area contributed by atoms with Crippen molar-refractivity contribution in [3.63, 3.8) is 0 Å². The number of hydrogen-bond acceptors (Lipinski definition) is 4. The van der Waals surface area contributed by atoms with E-state index in [0.29, 0.717) is 6.04 Å². The summed E-state index contributed by atoms with van der Waals surface area (Å²) >= 11 is 0. The van der Waals surface area contributed by atoms with Gasteiger partial charge < -0.3 is 10.6 Å². The Morgan fingerprint density at radius 2 is 1.93 bits per heavy atom. The van der Waals surface area contributed by atoms with Gasteiger partial charge in [0.1, 0.15) is 0 Å². The summed E-state index contributed by atoms with van der Waals surface area (Å²) in [6.07, 6.45) is 2.08. The Labute approximate surface area is 161 Å². The SMILES string of the molecule is Cc1cccc(NC2CCN(C(C)C(=O)Nc3c(C)nn(C)c3C)CC2)c1. The van der Waals surface area contributed by atoms with Crippen LogP contribution in [0.2, 0.25) is 0 Å². The third kappa shape index (κ3) is 4.50. The topological polar surface area (TPSA) is 62.2 Å². The van der Waals surface area contributed by atoms with Crippen molar-refractivity contribution in [1.29, 1.82) is 0 Å². The Hall–Kier alpha value is -2.34. The van der Waals surface area contributed by atoms with Gasteiger partial charge in [-0.25, -0.2) is 0 Å². The predicted octanol–water partition coefficient (Wildman–Crippen LogP) is 3.25. The minimum atomic E-state index is -0.149. The fourth-order valence-electron chi connectivity index (χ4n) is 3.75. The van der Waals surface area contributed by atoms with Gasteiger partial charge in [-0.15, -0.1) is 0 Å². The summed E-state index contributed by atoms with van der Waals surface area (Å²) in [6.45, 7) is 9.84. The number of hydrogen-bond donors (Lipinski definition) is 2. The Morgan fingerprint density at radius 3 is 2.52 bits per heavy atom. The lowest BCUT2D eigenvalue weighted by molar-refractivity contribution is -0.121. The van der Waals surface area contributed by atoms with Crippen molar-refractivity contribution in [3.05, 3.63) is 41.2 Å². The minimum absolute atomic E-state index is 0.0410. The number of benzene rings is 1. The zero-order valence-electron chi connectivity index (χ0n) is 17.0. The van der Waals surface area contributed by atoms with E-state index in [1.807, 2.05) is 27.8 Å². The maximum atomic E-state index is 12.7. The van der Waals surface area contributed by atoms with E-state index >= 15 is 0 Å². The second kappa shape index (κ2) is 8.13. The summed E-state index contributed by atoms with van der Waals surface area (Å²) in [5.41, 5.74) is 5.13. The van der Waals surface area contributed by atoms with Crippen molar-refractivity contribution in [1.82, 2.24) is 14.7 Å². The highest BCUT2D eigenvalue weighted by Crippen LogP contribution is 2.21. The second-order valence-corrected chi connectivity index (χ2v) is 7.66. The molecule has 1 amide bonds. The molecule has 1 saturated heterocycles. The van der Waals surface area contributed by atoms with E-state index in [1.165, 1.54) is 11.3 Å². The molecule has 0 spiro atoms. The molecule has 6 nitrogen and oxygen atoms in total. The molecule has 0 bridgehead atoms. The molecule has 6 heteroatoms. The first kappa shape index (κ1) is 19.4. The first-order valence-corrected chi connectivity index (χ1v) is 9.73. The lowest BCUT2D eigenvalue weighted by atomic mass is 10.0. The first-order chi connectivity index (χ1) is 12.8. The van der Waals surface area contributed by atoms with Crippen LogP contribution in [0, 0.1) is 20.8 Å². The van der Waals surface area contributed by atoms with Crippen molar-refractivity contribution in [2.75, 3.05) is 23.7 Å². The molecule has 1 aliphatic heterocycles. The Balaban J connectivity index is 1.53. The molecule has 2 aromatic rings. The van der Waals surface area contributed by atoms with Crippen LogP contribution in [0.1, 0.15) is 36.7 Å². The molecule has 0 saturated carbocycles. The van der Waals surface area contributed by atoms with Gasteiger partial charge in [-0.3, -0.25) is 14.4 Å². The van der Waals surface area contributed by atoms with Gasteiger partial charge in [0.05, 0.1) is 23.1 Å². The van der Waals surface area contributed by atoms with Crippen molar-refractivity contribution < 1.29 is 4.79 Å². The van der Waals surface area contributed by atoms with E-state index in [4.69, 9.17) is 0 Å². The van der Waals surface area contributed by atoms with Gasteiger partial charge in [0, 0.05) is 31.9 Å². The Morgan fingerprint density at radius 1 is 1.22 bits per heavy atom. The van der Waals surface area contributed by atoms with Crippen LogP contribution in [0.15, 0.2) is 24.3 Å². The smallest absolute Gasteiger partial charge is 0.241 e. The number of aryl methyl sites for hydroxylation is 3. The number of amides is 1. The number of rotatable bonds is 5. The van der Waals surface area contributed by atoms with E-state index < -0.39 is 0 Å². The van der Waals surface area contributed by atoms with Gasteiger partial charge in [0.15, 0.2) is 0 Å². The van der Waals surface area contributed by atoms with Gasteiger partial charge >= 0.3 is 0 Å². The summed E-state index contributed by atoms with van der Waals surface area (Å²) < 4.78 is 1.80. The van der Waals surface area contributed by atoms with Crippen LogP contribution >= 0.6 is 0 Å². The Bertz CT molecular complexity index is 805.